The average Bonchev–Trinajstić information content (AvgIpc) is 3.12. The average molecular weight is 230 g/mol. The molecule has 1 aromatic rings. The molecule has 1 aromatic carbocycles. The van der Waals surface area contributed by atoms with Gasteiger partial charge in [0.1, 0.15) is 0 Å². The summed E-state index contributed by atoms with van der Waals surface area (Å²) < 4.78 is 6.30. The molecule has 1 heteroatoms. The smallest absolute Gasteiger partial charge is 0.0834 e. The molecule has 0 spiro atoms. The van der Waals surface area contributed by atoms with Crippen LogP contribution < -0.4 is 0 Å². The lowest BCUT2D eigenvalue weighted by atomic mass is 10.00. The summed E-state index contributed by atoms with van der Waals surface area (Å²) in [7, 11) is 0. The number of ether oxygens (including phenoxy) is 1. The van der Waals surface area contributed by atoms with Crippen molar-refractivity contribution in [2.24, 2.45) is 11.8 Å². The van der Waals surface area contributed by atoms with E-state index in [9.17, 15) is 0 Å². The number of rotatable bonds is 4. The summed E-state index contributed by atoms with van der Waals surface area (Å²) in [6.45, 7) is 4.60. The van der Waals surface area contributed by atoms with Gasteiger partial charge in [0.15, 0.2) is 0 Å². The molecule has 0 N–H and O–H groups in total. The number of benzene rings is 1. The first-order valence-electron chi connectivity index (χ1n) is 6.99. The lowest BCUT2D eigenvalue weighted by Gasteiger charge is -2.24. The Kier molecular flexibility index (Phi) is 2.96. The highest BCUT2D eigenvalue weighted by Crippen LogP contribution is 2.41. The van der Waals surface area contributed by atoms with Crippen molar-refractivity contribution in [1.29, 1.82) is 0 Å². The topological polar surface area (TPSA) is 9.23 Å². The third-order valence-corrected chi connectivity index (χ3v) is 4.56. The zero-order valence-corrected chi connectivity index (χ0v) is 10.9. The van der Waals surface area contributed by atoms with Crippen molar-refractivity contribution in [1.82, 2.24) is 0 Å². The van der Waals surface area contributed by atoms with E-state index in [2.05, 4.69) is 38.1 Å². The van der Waals surface area contributed by atoms with Crippen LogP contribution in [0.4, 0.5) is 0 Å². The summed E-state index contributed by atoms with van der Waals surface area (Å²) in [6.07, 6.45) is 5.93. The molecule has 3 unspecified atom stereocenters. The molecular formula is C16H22O. The molecule has 0 aromatic heterocycles. The lowest BCUT2D eigenvalue weighted by molar-refractivity contribution is -0.0341. The first kappa shape index (κ1) is 11.3. The van der Waals surface area contributed by atoms with Crippen LogP contribution in [-0.4, -0.2) is 6.10 Å². The van der Waals surface area contributed by atoms with E-state index in [1.54, 1.807) is 0 Å². The monoisotopic (exact) mass is 230 g/mol. The summed E-state index contributed by atoms with van der Waals surface area (Å²) in [4.78, 5) is 0. The van der Waals surface area contributed by atoms with Gasteiger partial charge in [-0.3, -0.25) is 0 Å². The predicted octanol–water partition coefficient (Wildman–Crippen LogP) is 4.13. The zero-order chi connectivity index (χ0) is 11.8. The quantitative estimate of drug-likeness (QED) is 0.756. The molecule has 1 nitrogen and oxygen atoms in total. The van der Waals surface area contributed by atoms with Crippen LogP contribution in [0.2, 0.25) is 0 Å². The van der Waals surface area contributed by atoms with Crippen LogP contribution in [-0.2, 0) is 11.2 Å². The van der Waals surface area contributed by atoms with E-state index in [0.29, 0.717) is 12.2 Å². The molecule has 3 atom stereocenters. The van der Waals surface area contributed by atoms with E-state index < -0.39 is 0 Å². The van der Waals surface area contributed by atoms with Crippen molar-refractivity contribution in [3.63, 3.8) is 0 Å². The van der Waals surface area contributed by atoms with E-state index >= 15 is 0 Å². The number of hydrogen-bond acceptors (Lipinski definition) is 1. The first-order valence-corrected chi connectivity index (χ1v) is 6.99. The van der Waals surface area contributed by atoms with Gasteiger partial charge in [0.05, 0.1) is 12.2 Å². The van der Waals surface area contributed by atoms with Gasteiger partial charge in [0, 0.05) is 0 Å². The van der Waals surface area contributed by atoms with Gasteiger partial charge < -0.3 is 4.74 Å². The maximum absolute atomic E-state index is 6.30. The van der Waals surface area contributed by atoms with E-state index in [1.165, 1.54) is 36.8 Å². The van der Waals surface area contributed by atoms with Crippen LogP contribution in [0.1, 0.15) is 50.3 Å². The van der Waals surface area contributed by atoms with Crippen molar-refractivity contribution < 1.29 is 4.74 Å². The molecule has 0 radical (unpaired) electrons. The van der Waals surface area contributed by atoms with E-state index in [4.69, 9.17) is 4.74 Å². The Morgan fingerprint density at radius 1 is 1.12 bits per heavy atom. The molecule has 0 heterocycles. The highest BCUT2D eigenvalue weighted by molar-refractivity contribution is 5.33. The highest BCUT2D eigenvalue weighted by atomic mass is 16.5. The highest BCUT2D eigenvalue weighted by Gasteiger charge is 2.34. The van der Waals surface area contributed by atoms with Gasteiger partial charge in [0.25, 0.3) is 0 Å². The van der Waals surface area contributed by atoms with Crippen LogP contribution >= 0.6 is 0 Å². The minimum atomic E-state index is 0.349. The van der Waals surface area contributed by atoms with Gasteiger partial charge in [-0.1, -0.05) is 31.2 Å². The van der Waals surface area contributed by atoms with Crippen LogP contribution in [0.15, 0.2) is 24.3 Å². The van der Waals surface area contributed by atoms with Crippen LogP contribution in [0.5, 0.6) is 0 Å². The van der Waals surface area contributed by atoms with Crippen LogP contribution in [0.25, 0.3) is 0 Å². The molecule has 0 bridgehead atoms. The van der Waals surface area contributed by atoms with Gasteiger partial charge in [-0.15, -0.1) is 0 Å². The number of fused-ring (bicyclic) bond motifs is 1. The third-order valence-electron chi connectivity index (χ3n) is 4.56. The summed E-state index contributed by atoms with van der Waals surface area (Å²) >= 11 is 0. The second kappa shape index (κ2) is 4.45. The Balaban J connectivity index is 1.66. The molecule has 17 heavy (non-hydrogen) atoms. The van der Waals surface area contributed by atoms with Crippen molar-refractivity contribution >= 4 is 0 Å². The van der Waals surface area contributed by atoms with Crippen molar-refractivity contribution in [2.75, 3.05) is 0 Å². The fraction of sp³-hybridized carbons (Fsp3) is 0.625. The first-order chi connectivity index (χ1) is 8.25. The van der Waals surface area contributed by atoms with Crippen molar-refractivity contribution in [2.45, 2.75) is 51.7 Å². The van der Waals surface area contributed by atoms with E-state index in [-0.39, 0.29) is 0 Å². The van der Waals surface area contributed by atoms with E-state index in [0.717, 1.165) is 11.8 Å². The minimum absolute atomic E-state index is 0.349. The second-order valence-corrected chi connectivity index (χ2v) is 5.76. The van der Waals surface area contributed by atoms with Gasteiger partial charge >= 0.3 is 0 Å². The summed E-state index contributed by atoms with van der Waals surface area (Å²) in [5, 5.41) is 0. The molecule has 2 aliphatic rings. The minimum Gasteiger partial charge on any atom is -0.370 e. The van der Waals surface area contributed by atoms with Gasteiger partial charge in [-0.25, -0.2) is 0 Å². The molecule has 0 amide bonds. The summed E-state index contributed by atoms with van der Waals surface area (Å²) in [5.41, 5.74) is 2.92. The fourth-order valence-electron chi connectivity index (χ4n) is 3.05. The SMILES string of the molecule is CC(OC1CCc2ccccc21)C(C)C1CC1. The van der Waals surface area contributed by atoms with Gasteiger partial charge in [-0.2, -0.15) is 0 Å². The molecule has 1 saturated carbocycles. The third kappa shape index (κ3) is 2.26. The largest absolute Gasteiger partial charge is 0.370 e. The lowest BCUT2D eigenvalue weighted by Crippen LogP contribution is -2.21. The molecule has 92 valence electrons. The molecule has 0 aliphatic heterocycles. The Morgan fingerprint density at radius 3 is 2.65 bits per heavy atom. The summed E-state index contributed by atoms with van der Waals surface area (Å²) in [5.74, 6) is 1.66. The molecular weight excluding hydrogens is 208 g/mol. The molecule has 3 rings (SSSR count). The Bertz CT molecular complexity index is 394. The maximum Gasteiger partial charge on any atom is 0.0834 e. The standard InChI is InChI=1S/C16H22O/c1-11(13-7-8-13)12(2)17-16-10-9-14-5-3-4-6-15(14)16/h3-6,11-13,16H,7-10H2,1-2H3. The zero-order valence-electron chi connectivity index (χ0n) is 10.9. The van der Waals surface area contributed by atoms with Gasteiger partial charge in [0.2, 0.25) is 0 Å². The van der Waals surface area contributed by atoms with Crippen LogP contribution in [0.3, 0.4) is 0 Å². The Morgan fingerprint density at radius 2 is 1.88 bits per heavy atom. The van der Waals surface area contributed by atoms with Crippen molar-refractivity contribution in [3.05, 3.63) is 35.4 Å². The fourth-order valence-corrected chi connectivity index (χ4v) is 3.05. The normalized spacial score (nSPS) is 26.6. The summed E-state index contributed by atoms with van der Waals surface area (Å²) in [6, 6.07) is 8.75. The maximum atomic E-state index is 6.30. The van der Waals surface area contributed by atoms with E-state index in [1.807, 2.05) is 0 Å². The molecule has 0 saturated heterocycles. The molecule has 2 aliphatic carbocycles. The number of hydrogen-bond donors (Lipinski definition) is 0. The Hall–Kier alpha value is -0.820. The van der Waals surface area contributed by atoms with Crippen LogP contribution in [0, 0.1) is 11.8 Å². The molecule has 1 fully saturated rings. The van der Waals surface area contributed by atoms with Crippen molar-refractivity contribution in [3.8, 4) is 0 Å². The van der Waals surface area contributed by atoms with Gasteiger partial charge in [-0.05, 0) is 55.6 Å². The Labute approximate surface area is 104 Å². The number of aryl methyl sites for hydroxylation is 1. The second-order valence-electron chi connectivity index (χ2n) is 5.76. The predicted molar refractivity (Wildman–Crippen MR) is 69.9 cm³/mol.